The molecule has 0 spiro atoms. The average Bonchev–Trinajstić information content (AvgIpc) is 2.80. The van der Waals surface area contributed by atoms with Crippen LogP contribution in [-0.2, 0) is 0 Å². The Morgan fingerprint density at radius 3 is 2.63 bits per heavy atom. The molecule has 0 amide bonds. The maximum absolute atomic E-state index is 5.31. The minimum absolute atomic E-state index is 0.574. The van der Waals surface area contributed by atoms with E-state index < -0.39 is 0 Å². The van der Waals surface area contributed by atoms with E-state index in [-0.39, 0.29) is 0 Å². The van der Waals surface area contributed by atoms with Crippen molar-refractivity contribution in [3.8, 4) is 0 Å². The van der Waals surface area contributed by atoms with Crippen molar-refractivity contribution in [2.45, 2.75) is 6.92 Å². The Balaban J connectivity index is 2.15. The quantitative estimate of drug-likeness (QED) is 0.826. The van der Waals surface area contributed by atoms with Gasteiger partial charge in [-0.15, -0.1) is 0 Å². The van der Waals surface area contributed by atoms with E-state index in [4.69, 9.17) is 4.52 Å². The van der Waals surface area contributed by atoms with Gasteiger partial charge < -0.3 is 14.3 Å². The number of nitrogens with zero attached hydrogens (tertiary/aromatic N) is 5. The van der Waals surface area contributed by atoms with Crippen LogP contribution in [0.4, 0.5) is 11.8 Å². The summed E-state index contributed by atoms with van der Waals surface area (Å²) in [4.78, 5) is 13.3. The largest absolute Gasteiger partial charge is 0.354 e. The molecule has 6 nitrogen and oxygen atoms in total. The van der Waals surface area contributed by atoms with Gasteiger partial charge in [-0.05, 0) is 6.92 Å². The zero-order chi connectivity index (χ0) is 13.4. The molecule has 0 radical (unpaired) electrons. The van der Waals surface area contributed by atoms with Gasteiger partial charge >= 0.3 is 0 Å². The maximum atomic E-state index is 5.31. The molecule has 0 atom stereocenters. The number of hydrogen-bond donors (Lipinski definition) is 0. The summed E-state index contributed by atoms with van der Waals surface area (Å²) in [5.41, 5.74) is 1.43. The SMILES string of the molecule is Cc1noc2nc(N(C)C)nc(N3CCSCC3)c12. The lowest BCUT2D eigenvalue weighted by molar-refractivity contribution is 0.442. The number of fused-ring (bicyclic) bond motifs is 1. The van der Waals surface area contributed by atoms with Crippen molar-refractivity contribution in [3.63, 3.8) is 0 Å². The molecule has 0 aromatic carbocycles. The number of hydrogen-bond acceptors (Lipinski definition) is 7. The van der Waals surface area contributed by atoms with Gasteiger partial charge in [-0.3, -0.25) is 0 Å². The summed E-state index contributed by atoms with van der Waals surface area (Å²) in [6, 6.07) is 0. The molecular formula is C12H17N5OS. The second-order valence-electron chi connectivity index (χ2n) is 4.79. The van der Waals surface area contributed by atoms with Crippen LogP contribution in [-0.4, -0.2) is 53.8 Å². The van der Waals surface area contributed by atoms with Gasteiger partial charge in [-0.1, -0.05) is 5.16 Å². The van der Waals surface area contributed by atoms with Gasteiger partial charge in [-0.2, -0.15) is 21.7 Å². The molecule has 0 unspecified atom stereocenters. The van der Waals surface area contributed by atoms with E-state index in [9.17, 15) is 0 Å². The van der Waals surface area contributed by atoms with Gasteiger partial charge in [0.25, 0.3) is 5.71 Å². The van der Waals surface area contributed by atoms with E-state index in [1.165, 1.54) is 0 Å². The summed E-state index contributed by atoms with van der Waals surface area (Å²) in [5.74, 6) is 3.88. The van der Waals surface area contributed by atoms with Crippen LogP contribution in [0.1, 0.15) is 5.69 Å². The molecular weight excluding hydrogens is 262 g/mol. The molecule has 3 rings (SSSR count). The minimum atomic E-state index is 0.574. The third-order valence-corrected chi connectivity index (χ3v) is 4.13. The van der Waals surface area contributed by atoms with Crippen molar-refractivity contribution in [1.29, 1.82) is 0 Å². The van der Waals surface area contributed by atoms with Crippen LogP contribution in [0.2, 0.25) is 0 Å². The summed E-state index contributed by atoms with van der Waals surface area (Å²) >= 11 is 1.98. The second kappa shape index (κ2) is 4.88. The van der Waals surface area contributed by atoms with E-state index in [2.05, 4.69) is 20.0 Å². The average molecular weight is 279 g/mol. The second-order valence-corrected chi connectivity index (χ2v) is 6.01. The van der Waals surface area contributed by atoms with E-state index in [0.29, 0.717) is 11.7 Å². The van der Waals surface area contributed by atoms with Crippen LogP contribution in [0.5, 0.6) is 0 Å². The summed E-state index contributed by atoms with van der Waals surface area (Å²) in [7, 11) is 3.86. The normalized spacial score (nSPS) is 16.1. The zero-order valence-electron chi connectivity index (χ0n) is 11.4. The van der Waals surface area contributed by atoms with Gasteiger partial charge in [0, 0.05) is 38.7 Å². The van der Waals surface area contributed by atoms with Crippen molar-refractivity contribution < 1.29 is 4.52 Å². The van der Waals surface area contributed by atoms with Crippen molar-refractivity contribution >= 4 is 34.6 Å². The van der Waals surface area contributed by atoms with Gasteiger partial charge in [0.15, 0.2) is 0 Å². The highest BCUT2D eigenvalue weighted by Crippen LogP contribution is 2.30. The standard InChI is InChI=1S/C12H17N5OS/c1-8-9-10(17-4-6-19-7-5-17)13-12(16(2)3)14-11(9)18-15-8/h4-7H2,1-3H3. The van der Waals surface area contributed by atoms with Gasteiger partial charge in [-0.25, -0.2) is 0 Å². The molecule has 0 aliphatic carbocycles. The van der Waals surface area contributed by atoms with Crippen LogP contribution in [0.3, 0.4) is 0 Å². The molecule has 2 aromatic heterocycles. The molecule has 1 saturated heterocycles. The summed E-state index contributed by atoms with van der Waals surface area (Å²) in [6.45, 7) is 3.95. The molecule has 0 saturated carbocycles. The first kappa shape index (κ1) is 12.5. The van der Waals surface area contributed by atoms with Crippen LogP contribution in [0.25, 0.3) is 11.1 Å². The van der Waals surface area contributed by atoms with Crippen molar-refractivity contribution in [2.24, 2.45) is 0 Å². The van der Waals surface area contributed by atoms with Crippen molar-refractivity contribution in [3.05, 3.63) is 5.69 Å². The topological polar surface area (TPSA) is 58.3 Å². The van der Waals surface area contributed by atoms with E-state index in [1.807, 2.05) is 37.7 Å². The van der Waals surface area contributed by atoms with Crippen LogP contribution in [0, 0.1) is 6.92 Å². The Labute approximate surface area is 116 Å². The predicted molar refractivity (Wildman–Crippen MR) is 78.2 cm³/mol. The van der Waals surface area contributed by atoms with Crippen LogP contribution in [0.15, 0.2) is 4.52 Å². The first-order chi connectivity index (χ1) is 9.16. The fraction of sp³-hybridized carbons (Fsp3) is 0.583. The molecule has 1 fully saturated rings. The fourth-order valence-electron chi connectivity index (χ4n) is 2.16. The monoisotopic (exact) mass is 279 g/mol. The highest BCUT2D eigenvalue weighted by atomic mass is 32.2. The molecule has 19 heavy (non-hydrogen) atoms. The van der Waals surface area contributed by atoms with E-state index in [1.54, 1.807) is 0 Å². The minimum Gasteiger partial charge on any atom is -0.354 e. The van der Waals surface area contributed by atoms with E-state index >= 15 is 0 Å². The molecule has 102 valence electrons. The first-order valence-electron chi connectivity index (χ1n) is 6.31. The summed E-state index contributed by atoms with van der Waals surface area (Å²) in [6.07, 6.45) is 0. The van der Waals surface area contributed by atoms with Crippen molar-refractivity contribution in [2.75, 3.05) is 48.5 Å². The zero-order valence-corrected chi connectivity index (χ0v) is 12.2. The fourth-order valence-corrected chi connectivity index (χ4v) is 3.07. The lowest BCUT2D eigenvalue weighted by atomic mass is 10.3. The number of rotatable bonds is 2. The number of thioether (sulfide) groups is 1. The van der Waals surface area contributed by atoms with Gasteiger partial charge in [0.1, 0.15) is 11.2 Å². The van der Waals surface area contributed by atoms with Crippen molar-refractivity contribution in [1.82, 2.24) is 15.1 Å². The smallest absolute Gasteiger partial charge is 0.265 e. The molecule has 0 bridgehead atoms. The highest BCUT2D eigenvalue weighted by Gasteiger charge is 2.21. The maximum Gasteiger partial charge on any atom is 0.265 e. The molecule has 3 heterocycles. The Kier molecular flexibility index (Phi) is 3.22. The Hall–Kier alpha value is -1.50. The Morgan fingerprint density at radius 1 is 1.21 bits per heavy atom. The van der Waals surface area contributed by atoms with Gasteiger partial charge in [0.05, 0.1) is 5.69 Å². The third kappa shape index (κ3) is 2.22. The lowest BCUT2D eigenvalue weighted by Gasteiger charge is -2.28. The molecule has 1 aliphatic heterocycles. The number of aryl methyl sites for hydroxylation is 1. The first-order valence-corrected chi connectivity index (χ1v) is 7.46. The van der Waals surface area contributed by atoms with E-state index in [0.717, 1.165) is 41.5 Å². The molecule has 2 aromatic rings. The number of aromatic nitrogens is 3. The summed E-state index contributed by atoms with van der Waals surface area (Å²) in [5, 5.41) is 4.97. The van der Waals surface area contributed by atoms with Gasteiger partial charge in [0.2, 0.25) is 5.95 Å². The summed E-state index contributed by atoms with van der Waals surface area (Å²) < 4.78 is 5.31. The molecule has 7 heteroatoms. The number of anilines is 2. The molecule has 1 aliphatic rings. The lowest BCUT2D eigenvalue weighted by Crippen LogP contribution is -2.33. The van der Waals surface area contributed by atoms with Crippen LogP contribution >= 0.6 is 11.8 Å². The van der Waals surface area contributed by atoms with Crippen LogP contribution < -0.4 is 9.80 Å². The Bertz CT molecular complexity index is 591. The molecule has 0 N–H and O–H groups in total. The Morgan fingerprint density at radius 2 is 1.95 bits per heavy atom. The predicted octanol–water partition coefficient (Wildman–Crippen LogP) is 1.55. The highest BCUT2D eigenvalue weighted by molar-refractivity contribution is 7.99. The third-order valence-electron chi connectivity index (χ3n) is 3.19.